The van der Waals surface area contributed by atoms with Crippen LogP contribution in [0, 0.1) is 0 Å². The van der Waals surface area contributed by atoms with Crippen LogP contribution < -0.4 is 10.9 Å². The van der Waals surface area contributed by atoms with Crippen molar-refractivity contribution < 1.29 is 4.79 Å². The number of carbonyl (C=O) groups excluding carboxylic acids is 1. The lowest BCUT2D eigenvalue weighted by Gasteiger charge is -2.30. The first-order valence-electron chi connectivity index (χ1n) is 14.1. The van der Waals surface area contributed by atoms with Gasteiger partial charge >= 0.3 is 0 Å². The van der Waals surface area contributed by atoms with E-state index in [-0.39, 0.29) is 17.4 Å². The van der Waals surface area contributed by atoms with Crippen molar-refractivity contribution in [1.29, 1.82) is 0 Å². The van der Waals surface area contributed by atoms with Crippen molar-refractivity contribution in [2.45, 2.75) is 56.4 Å². The Balaban J connectivity index is 1.23. The topological polar surface area (TPSA) is 80.1 Å². The maximum atomic E-state index is 13.8. The molecule has 198 valence electrons. The highest BCUT2D eigenvalue weighted by Gasteiger charge is 2.32. The van der Waals surface area contributed by atoms with E-state index in [2.05, 4.69) is 46.5 Å². The molecular formula is C32H33N5O2. The molecule has 0 radical (unpaired) electrons. The molecule has 2 fully saturated rings. The molecule has 1 aliphatic heterocycles. The van der Waals surface area contributed by atoms with Crippen LogP contribution in [0.25, 0.3) is 11.0 Å². The van der Waals surface area contributed by atoms with Crippen LogP contribution in [0.5, 0.6) is 0 Å². The summed E-state index contributed by atoms with van der Waals surface area (Å²) >= 11 is 0. The average Bonchev–Trinajstić information content (AvgIpc) is 3.79. The zero-order valence-corrected chi connectivity index (χ0v) is 22.3. The lowest BCUT2D eigenvalue weighted by molar-refractivity contribution is 0.0951. The summed E-state index contributed by atoms with van der Waals surface area (Å²) < 4.78 is 1.78. The number of carbonyl (C=O) groups is 1. The van der Waals surface area contributed by atoms with Crippen LogP contribution in [0.15, 0.2) is 65.6 Å². The standard InChI is InChI=1S/C32H33N5O2/c1-36-14-4-6-23(19-36)20-10-12-25(13-11-20)34-32-33-18-24-16-28(21-8-9-21)31(39)37(30(24)35-32)26-15-22-5-2-3-7-27(22)29(38)17-26/h2-3,5,7,10-13,16,18,21,23,26H,4,6,8-9,14-15,17,19H2,1H3,(H,33,34,35). The second-order valence-electron chi connectivity index (χ2n) is 11.5. The number of benzene rings is 2. The number of nitrogens with one attached hydrogen (secondary N) is 1. The predicted octanol–water partition coefficient (Wildman–Crippen LogP) is 5.59. The van der Waals surface area contributed by atoms with Gasteiger partial charge in [0.2, 0.25) is 5.95 Å². The Morgan fingerprint density at radius 1 is 0.949 bits per heavy atom. The largest absolute Gasteiger partial charge is 0.324 e. The van der Waals surface area contributed by atoms with Gasteiger partial charge in [-0.3, -0.25) is 14.2 Å². The quantitative estimate of drug-likeness (QED) is 0.370. The molecular weight excluding hydrogens is 486 g/mol. The number of piperidine rings is 1. The molecule has 7 nitrogen and oxygen atoms in total. The van der Waals surface area contributed by atoms with Gasteiger partial charge in [-0.2, -0.15) is 4.98 Å². The molecule has 2 aliphatic carbocycles. The minimum absolute atomic E-state index is 0.0198. The van der Waals surface area contributed by atoms with Crippen molar-refractivity contribution in [3.05, 3.63) is 93.4 Å². The highest BCUT2D eigenvalue weighted by atomic mass is 16.1. The third-order valence-corrected chi connectivity index (χ3v) is 8.64. The minimum Gasteiger partial charge on any atom is -0.324 e. The van der Waals surface area contributed by atoms with Crippen LogP contribution in [0.3, 0.4) is 0 Å². The van der Waals surface area contributed by atoms with Gasteiger partial charge in [0.05, 0.1) is 6.04 Å². The predicted molar refractivity (Wildman–Crippen MR) is 153 cm³/mol. The zero-order chi connectivity index (χ0) is 26.5. The Hall–Kier alpha value is -3.84. The number of likely N-dealkylation sites (N-methyl/N-ethyl adjacent to an activating group) is 1. The Labute approximate surface area is 227 Å². The van der Waals surface area contributed by atoms with Crippen LogP contribution in [0.2, 0.25) is 0 Å². The van der Waals surface area contributed by atoms with Crippen molar-refractivity contribution in [3.63, 3.8) is 0 Å². The fraction of sp³-hybridized carbons (Fsp3) is 0.375. The Bertz CT molecular complexity index is 1620. The molecule has 2 atom stereocenters. The second-order valence-corrected chi connectivity index (χ2v) is 11.5. The fourth-order valence-electron chi connectivity index (χ4n) is 6.44. The Kier molecular flexibility index (Phi) is 6.04. The second kappa shape index (κ2) is 9.72. The van der Waals surface area contributed by atoms with E-state index >= 15 is 0 Å². The van der Waals surface area contributed by atoms with E-state index < -0.39 is 0 Å². The molecule has 3 heterocycles. The Morgan fingerprint density at radius 2 is 1.77 bits per heavy atom. The van der Waals surface area contributed by atoms with Crippen LogP contribution >= 0.6 is 0 Å². The number of fused-ring (bicyclic) bond motifs is 2. The van der Waals surface area contributed by atoms with Crippen molar-refractivity contribution in [2.75, 3.05) is 25.5 Å². The summed E-state index contributed by atoms with van der Waals surface area (Å²) in [6, 6.07) is 18.0. The molecule has 7 heteroatoms. The number of ketones is 1. The number of nitrogens with zero attached hydrogens (tertiary/aromatic N) is 4. The lowest BCUT2D eigenvalue weighted by Crippen LogP contribution is -2.33. The van der Waals surface area contributed by atoms with Gasteiger partial charge in [-0.15, -0.1) is 0 Å². The monoisotopic (exact) mass is 519 g/mol. The molecule has 0 bridgehead atoms. The highest BCUT2D eigenvalue weighted by Crippen LogP contribution is 2.40. The third-order valence-electron chi connectivity index (χ3n) is 8.64. The number of likely N-dealkylation sites (tertiary alicyclic amines) is 1. The van der Waals surface area contributed by atoms with Crippen LogP contribution in [-0.4, -0.2) is 45.4 Å². The first-order valence-corrected chi connectivity index (χ1v) is 14.1. The van der Waals surface area contributed by atoms with E-state index in [1.54, 1.807) is 10.8 Å². The number of anilines is 2. The number of Topliss-reactive ketones (excluding diaryl/α,β-unsaturated/α-hetero) is 1. The molecule has 2 aromatic carbocycles. The van der Waals surface area contributed by atoms with Gasteiger partial charge in [0.15, 0.2) is 5.78 Å². The van der Waals surface area contributed by atoms with Gasteiger partial charge in [0, 0.05) is 41.4 Å². The van der Waals surface area contributed by atoms with Gasteiger partial charge in [-0.1, -0.05) is 36.4 Å². The number of pyridine rings is 1. The summed E-state index contributed by atoms with van der Waals surface area (Å²) in [5, 5.41) is 4.18. The van der Waals surface area contributed by atoms with E-state index in [1.807, 2.05) is 30.3 Å². The minimum atomic E-state index is -0.267. The molecule has 39 heavy (non-hydrogen) atoms. The van der Waals surface area contributed by atoms with E-state index in [1.165, 1.54) is 24.9 Å². The summed E-state index contributed by atoms with van der Waals surface area (Å²) in [7, 11) is 2.19. The summed E-state index contributed by atoms with van der Waals surface area (Å²) in [5.74, 6) is 1.38. The van der Waals surface area contributed by atoms with Crippen molar-refractivity contribution in [1.82, 2.24) is 19.4 Å². The van der Waals surface area contributed by atoms with Crippen molar-refractivity contribution >= 4 is 28.5 Å². The summed E-state index contributed by atoms with van der Waals surface area (Å²) in [5.41, 5.74) is 5.41. The molecule has 2 unspecified atom stereocenters. The lowest BCUT2D eigenvalue weighted by atomic mass is 9.87. The first-order chi connectivity index (χ1) is 19.0. The van der Waals surface area contributed by atoms with Gasteiger partial charge in [-0.25, -0.2) is 4.98 Å². The molecule has 2 aromatic heterocycles. The number of hydrogen-bond donors (Lipinski definition) is 1. The molecule has 1 saturated heterocycles. The van der Waals surface area contributed by atoms with Crippen LogP contribution in [0.4, 0.5) is 11.6 Å². The van der Waals surface area contributed by atoms with Crippen LogP contribution in [0.1, 0.15) is 77.0 Å². The average molecular weight is 520 g/mol. The summed E-state index contributed by atoms with van der Waals surface area (Å²) in [6.45, 7) is 2.26. The van der Waals surface area contributed by atoms with E-state index in [0.29, 0.717) is 36.3 Å². The maximum absolute atomic E-state index is 13.8. The van der Waals surface area contributed by atoms with Crippen LogP contribution in [-0.2, 0) is 6.42 Å². The molecule has 0 amide bonds. The van der Waals surface area contributed by atoms with Gasteiger partial charge < -0.3 is 10.2 Å². The summed E-state index contributed by atoms with van der Waals surface area (Å²) in [4.78, 5) is 38.7. The number of aromatic nitrogens is 3. The molecule has 4 aromatic rings. The molecule has 1 saturated carbocycles. The molecule has 0 spiro atoms. The summed E-state index contributed by atoms with van der Waals surface area (Å²) in [6.07, 6.45) is 7.24. The smallest absolute Gasteiger partial charge is 0.255 e. The fourth-order valence-corrected chi connectivity index (χ4v) is 6.44. The Morgan fingerprint density at radius 3 is 2.56 bits per heavy atom. The van der Waals surface area contributed by atoms with Gasteiger partial charge in [-0.05, 0) is 86.9 Å². The zero-order valence-electron chi connectivity index (χ0n) is 22.3. The normalized spacial score (nSPS) is 21.6. The van der Waals surface area contributed by atoms with E-state index in [4.69, 9.17) is 4.98 Å². The molecule has 3 aliphatic rings. The maximum Gasteiger partial charge on any atom is 0.255 e. The van der Waals surface area contributed by atoms with E-state index in [0.717, 1.165) is 47.2 Å². The molecule has 7 rings (SSSR count). The van der Waals surface area contributed by atoms with E-state index in [9.17, 15) is 9.59 Å². The van der Waals surface area contributed by atoms with Gasteiger partial charge in [0.1, 0.15) is 5.65 Å². The van der Waals surface area contributed by atoms with Crippen molar-refractivity contribution in [2.24, 2.45) is 0 Å². The van der Waals surface area contributed by atoms with Gasteiger partial charge in [0.25, 0.3) is 5.56 Å². The first kappa shape index (κ1) is 24.2. The third kappa shape index (κ3) is 4.65. The number of rotatable bonds is 5. The number of hydrogen-bond acceptors (Lipinski definition) is 6. The molecule has 1 N–H and O–H groups in total. The SMILES string of the molecule is CN1CCCC(c2ccc(Nc3ncc4cc(C5CC5)c(=O)n(C5CC(=O)c6ccccc6C5)c4n3)cc2)C1. The highest BCUT2D eigenvalue weighted by molar-refractivity contribution is 5.99. The van der Waals surface area contributed by atoms with Crippen molar-refractivity contribution in [3.8, 4) is 0 Å².